The number of nitrogens with two attached hydrogens (primary N) is 1. The highest BCUT2D eigenvalue weighted by Gasteiger charge is 2.15. The number of rotatable bonds is 4. The van der Waals surface area contributed by atoms with Crippen molar-refractivity contribution in [3.05, 3.63) is 39.3 Å². The van der Waals surface area contributed by atoms with Crippen LogP contribution in [0.1, 0.15) is 9.88 Å². The van der Waals surface area contributed by atoms with Crippen molar-refractivity contribution >= 4 is 38.6 Å². The van der Waals surface area contributed by atoms with Gasteiger partial charge in [-0.3, -0.25) is 0 Å². The van der Waals surface area contributed by atoms with Crippen LogP contribution < -0.4 is 10.5 Å². The summed E-state index contributed by atoms with van der Waals surface area (Å²) in [5.74, 6) is 0. The molecule has 0 aliphatic rings. The zero-order chi connectivity index (χ0) is 14.0. The predicted octanol–water partition coefficient (Wildman–Crippen LogP) is 2.17. The third-order valence-corrected chi connectivity index (χ3v) is 5.04. The minimum atomic E-state index is -3.60. The molecular weight excluding hydrogens is 306 g/mol. The number of thiazole rings is 1. The molecule has 0 fully saturated rings. The molecule has 8 heteroatoms. The lowest BCUT2D eigenvalue weighted by Gasteiger charge is -2.07. The van der Waals surface area contributed by atoms with Crippen molar-refractivity contribution in [3.63, 3.8) is 0 Å². The topological polar surface area (TPSA) is 85.1 Å². The predicted molar refractivity (Wildman–Crippen MR) is 76.7 cm³/mol. The first-order chi connectivity index (χ1) is 8.88. The number of aryl methyl sites for hydroxylation is 1. The standard InChI is InChI=1S/C11H12ClN3O2S2/c1-7-14-5-8(18-7)6-15-19(16,17)9-2-3-10(12)11(13)4-9/h2-5,15H,6,13H2,1H3. The Hall–Kier alpha value is -1.15. The largest absolute Gasteiger partial charge is 0.397 e. The summed E-state index contributed by atoms with van der Waals surface area (Å²) in [6.07, 6.45) is 1.65. The zero-order valence-electron chi connectivity index (χ0n) is 10.1. The van der Waals surface area contributed by atoms with Gasteiger partial charge in [-0.25, -0.2) is 18.1 Å². The monoisotopic (exact) mass is 317 g/mol. The second-order valence-electron chi connectivity index (χ2n) is 3.85. The Morgan fingerprint density at radius 2 is 2.21 bits per heavy atom. The fourth-order valence-corrected chi connectivity index (χ4v) is 3.41. The van der Waals surface area contributed by atoms with Gasteiger partial charge in [0.15, 0.2) is 0 Å². The second-order valence-corrected chi connectivity index (χ2v) is 7.35. The lowest BCUT2D eigenvalue weighted by molar-refractivity contribution is 0.582. The Bertz CT molecular complexity index is 698. The highest BCUT2D eigenvalue weighted by molar-refractivity contribution is 7.89. The van der Waals surface area contributed by atoms with E-state index < -0.39 is 10.0 Å². The Labute approximate surface area is 120 Å². The molecule has 5 nitrogen and oxygen atoms in total. The van der Waals surface area contributed by atoms with Gasteiger partial charge in [-0.05, 0) is 25.1 Å². The SMILES string of the molecule is Cc1ncc(CNS(=O)(=O)c2ccc(Cl)c(N)c2)s1. The molecule has 0 bridgehead atoms. The minimum absolute atomic E-state index is 0.0932. The summed E-state index contributed by atoms with van der Waals surface area (Å²) >= 11 is 7.20. The summed E-state index contributed by atoms with van der Waals surface area (Å²) in [4.78, 5) is 5.01. The van der Waals surface area contributed by atoms with E-state index in [-0.39, 0.29) is 17.1 Å². The van der Waals surface area contributed by atoms with Gasteiger partial charge >= 0.3 is 0 Å². The number of aromatic nitrogens is 1. The molecule has 0 radical (unpaired) electrons. The lowest BCUT2D eigenvalue weighted by atomic mass is 10.3. The van der Waals surface area contributed by atoms with Crippen LogP contribution in [0.5, 0.6) is 0 Å². The van der Waals surface area contributed by atoms with E-state index >= 15 is 0 Å². The smallest absolute Gasteiger partial charge is 0.240 e. The lowest BCUT2D eigenvalue weighted by Crippen LogP contribution is -2.22. The number of benzene rings is 1. The van der Waals surface area contributed by atoms with Crippen molar-refractivity contribution in [2.45, 2.75) is 18.4 Å². The number of hydrogen-bond acceptors (Lipinski definition) is 5. The fraction of sp³-hybridized carbons (Fsp3) is 0.182. The number of halogens is 1. The molecule has 2 rings (SSSR count). The van der Waals surface area contributed by atoms with Gasteiger partial charge in [0.05, 0.1) is 20.6 Å². The highest BCUT2D eigenvalue weighted by atomic mass is 35.5. The van der Waals surface area contributed by atoms with Gasteiger partial charge in [0, 0.05) is 17.6 Å². The maximum absolute atomic E-state index is 12.1. The van der Waals surface area contributed by atoms with E-state index in [1.165, 1.54) is 29.5 Å². The number of nitrogens with zero attached hydrogens (tertiary/aromatic N) is 1. The van der Waals surface area contributed by atoms with Crippen LogP contribution in [0.15, 0.2) is 29.3 Å². The van der Waals surface area contributed by atoms with Gasteiger partial charge in [0.25, 0.3) is 0 Å². The normalized spacial score (nSPS) is 11.7. The van der Waals surface area contributed by atoms with E-state index in [1.54, 1.807) is 6.20 Å². The first kappa shape index (κ1) is 14.3. The molecule has 0 aliphatic carbocycles. The molecular formula is C11H12ClN3O2S2. The molecule has 1 aromatic heterocycles. The molecule has 0 unspecified atom stereocenters. The summed E-state index contributed by atoms with van der Waals surface area (Å²) in [5, 5.41) is 1.22. The van der Waals surface area contributed by atoms with Gasteiger partial charge in [-0.1, -0.05) is 11.6 Å². The van der Waals surface area contributed by atoms with Gasteiger partial charge in [0.2, 0.25) is 10.0 Å². The molecule has 3 N–H and O–H groups in total. The van der Waals surface area contributed by atoms with E-state index in [9.17, 15) is 8.42 Å². The van der Waals surface area contributed by atoms with Gasteiger partial charge in [0.1, 0.15) is 0 Å². The molecule has 19 heavy (non-hydrogen) atoms. The van der Waals surface area contributed by atoms with Crippen molar-refractivity contribution in [1.29, 1.82) is 0 Å². The van der Waals surface area contributed by atoms with Crippen LogP contribution in [0, 0.1) is 6.92 Å². The van der Waals surface area contributed by atoms with E-state index in [1.807, 2.05) is 6.92 Å². The van der Waals surface area contributed by atoms with Crippen LogP contribution in [0.4, 0.5) is 5.69 Å². The molecule has 0 amide bonds. The number of nitrogens with one attached hydrogen (secondary N) is 1. The fourth-order valence-electron chi connectivity index (χ4n) is 1.43. The maximum Gasteiger partial charge on any atom is 0.240 e. The Morgan fingerprint density at radius 1 is 1.47 bits per heavy atom. The molecule has 2 aromatic rings. The van der Waals surface area contributed by atoms with Crippen molar-refractivity contribution < 1.29 is 8.42 Å². The van der Waals surface area contributed by atoms with Crippen LogP contribution >= 0.6 is 22.9 Å². The Morgan fingerprint density at radius 3 is 2.79 bits per heavy atom. The van der Waals surface area contributed by atoms with E-state index in [2.05, 4.69) is 9.71 Å². The minimum Gasteiger partial charge on any atom is -0.397 e. The van der Waals surface area contributed by atoms with Crippen LogP contribution in [0.3, 0.4) is 0 Å². The molecule has 102 valence electrons. The Balaban J connectivity index is 2.16. The van der Waals surface area contributed by atoms with Crippen LogP contribution in [0.2, 0.25) is 5.02 Å². The number of sulfonamides is 1. The molecule has 1 aromatic carbocycles. The summed E-state index contributed by atoms with van der Waals surface area (Å²) < 4.78 is 26.6. The van der Waals surface area contributed by atoms with Crippen molar-refractivity contribution in [2.24, 2.45) is 0 Å². The molecule has 0 saturated carbocycles. The number of hydrogen-bond donors (Lipinski definition) is 2. The van der Waals surface area contributed by atoms with E-state index in [4.69, 9.17) is 17.3 Å². The van der Waals surface area contributed by atoms with Crippen LogP contribution in [0.25, 0.3) is 0 Å². The number of nitrogen functional groups attached to an aromatic ring is 1. The number of anilines is 1. The summed E-state index contributed by atoms with van der Waals surface area (Å²) in [6, 6.07) is 4.21. The average Bonchev–Trinajstić information content (AvgIpc) is 2.76. The van der Waals surface area contributed by atoms with Gasteiger partial charge in [-0.15, -0.1) is 11.3 Å². The van der Waals surface area contributed by atoms with Crippen molar-refractivity contribution in [2.75, 3.05) is 5.73 Å². The zero-order valence-corrected chi connectivity index (χ0v) is 12.4. The summed E-state index contributed by atoms with van der Waals surface area (Å²) in [7, 11) is -3.60. The highest BCUT2D eigenvalue weighted by Crippen LogP contribution is 2.22. The van der Waals surface area contributed by atoms with E-state index in [0.29, 0.717) is 5.02 Å². The third-order valence-electron chi connectivity index (χ3n) is 2.38. The van der Waals surface area contributed by atoms with Crippen LogP contribution in [-0.2, 0) is 16.6 Å². The van der Waals surface area contributed by atoms with Gasteiger partial charge < -0.3 is 5.73 Å². The quantitative estimate of drug-likeness (QED) is 0.846. The molecule has 0 spiro atoms. The maximum atomic E-state index is 12.1. The van der Waals surface area contributed by atoms with Crippen molar-refractivity contribution in [1.82, 2.24) is 9.71 Å². The van der Waals surface area contributed by atoms with Gasteiger partial charge in [-0.2, -0.15) is 0 Å². The third kappa shape index (κ3) is 3.44. The summed E-state index contributed by atoms with van der Waals surface area (Å²) in [6.45, 7) is 2.07. The molecule has 1 heterocycles. The summed E-state index contributed by atoms with van der Waals surface area (Å²) in [5.41, 5.74) is 5.83. The average molecular weight is 318 g/mol. The Kier molecular flexibility index (Phi) is 4.10. The molecule has 0 aliphatic heterocycles. The second kappa shape index (κ2) is 5.46. The first-order valence-corrected chi connectivity index (χ1v) is 8.02. The first-order valence-electron chi connectivity index (χ1n) is 5.34. The van der Waals surface area contributed by atoms with Crippen LogP contribution in [-0.4, -0.2) is 13.4 Å². The molecule has 0 saturated heterocycles. The van der Waals surface area contributed by atoms with Crippen molar-refractivity contribution in [3.8, 4) is 0 Å². The van der Waals surface area contributed by atoms with E-state index in [0.717, 1.165) is 9.88 Å². The molecule has 0 atom stereocenters.